The Morgan fingerprint density at radius 1 is 1.21 bits per heavy atom. The van der Waals surface area contributed by atoms with Crippen LogP contribution >= 0.6 is 44.1 Å². The first kappa shape index (κ1) is 20.9. The fraction of sp³-hybridized carbons (Fsp3) is 0.400. The molecule has 0 radical (unpaired) electrons. The number of benzene rings is 1. The molecule has 0 fully saturated rings. The number of carbonyl (C=O) groups excluding carboxylic acids is 2. The Morgan fingerprint density at radius 2 is 1.83 bits per heavy atom. The third kappa shape index (κ3) is 6.74. The van der Waals surface area contributed by atoms with Gasteiger partial charge in [-0.1, -0.05) is 36.7 Å². The van der Waals surface area contributed by atoms with Crippen LogP contribution in [-0.2, 0) is 9.59 Å². The van der Waals surface area contributed by atoms with E-state index in [0.29, 0.717) is 5.75 Å². The normalized spacial score (nSPS) is 10.8. The molecule has 1 aromatic carbocycles. The van der Waals surface area contributed by atoms with Gasteiger partial charge in [0.25, 0.3) is 5.91 Å². The maximum Gasteiger partial charge on any atom is 0.276 e. The summed E-state index contributed by atoms with van der Waals surface area (Å²) >= 11 is 11.7. The van der Waals surface area contributed by atoms with Crippen molar-refractivity contribution >= 4 is 61.0 Å². The van der Waals surface area contributed by atoms with Gasteiger partial charge in [0.2, 0.25) is 5.91 Å². The van der Waals surface area contributed by atoms with Crippen LogP contribution in [0, 0.1) is 12.3 Å². The molecule has 0 heterocycles. The molecule has 0 bridgehead atoms. The van der Waals surface area contributed by atoms with Gasteiger partial charge >= 0.3 is 0 Å². The van der Waals surface area contributed by atoms with E-state index in [9.17, 15) is 9.59 Å². The third-order valence-electron chi connectivity index (χ3n) is 2.77. The monoisotopic (exact) mass is 479 g/mol. The van der Waals surface area contributed by atoms with Crippen molar-refractivity contribution in [3.8, 4) is 5.75 Å². The Labute approximate surface area is 163 Å². The minimum absolute atomic E-state index is 0.0178. The average molecular weight is 481 g/mol. The SMILES string of the molecule is Cc1cc(Br)cc(Br)c1OCC(=O)NNC(=S)NC(=O)C(C)(C)C. The lowest BCUT2D eigenvalue weighted by Crippen LogP contribution is -2.51. The summed E-state index contributed by atoms with van der Waals surface area (Å²) in [7, 11) is 0. The zero-order valence-electron chi connectivity index (χ0n) is 13.8. The molecule has 2 amide bonds. The molecule has 1 aromatic rings. The molecular formula is C15H19Br2N3O3S. The topological polar surface area (TPSA) is 79.5 Å². The van der Waals surface area contributed by atoms with E-state index in [-0.39, 0.29) is 17.6 Å². The molecular weight excluding hydrogens is 462 g/mol. The third-order valence-corrected chi connectivity index (χ3v) is 4.02. The molecule has 3 N–H and O–H groups in total. The van der Waals surface area contributed by atoms with Gasteiger partial charge in [-0.05, 0) is 52.8 Å². The molecule has 0 aromatic heterocycles. The van der Waals surface area contributed by atoms with Crippen LogP contribution < -0.4 is 20.9 Å². The second-order valence-electron chi connectivity index (χ2n) is 6.03. The average Bonchev–Trinajstić information content (AvgIpc) is 2.42. The van der Waals surface area contributed by atoms with Crippen molar-refractivity contribution < 1.29 is 14.3 Å². The Kier molecular flexibility index (Phi) is 7.62. The lowest BCUT2D eigenvalue weighted by Gasteiger charge is -2.18. The van der Waals surface area contributed by atoms with Crippen molar-refractivity contribution in [1.29, 1.82) is 0 Å². The van der Waals surface area contributed by atoms with Crippen molar-refractivity contribution in [1.82, 2.24) is 16.2 Å². The lowest BCUT2D eigenvalue weighted by molar-refractivity contribution is -0.127. The number of aryl methyl sites for hydroxylation is 1. The van der Waals surface area contributed by atoms with Crippen LogP contribution in [0.15, 0.2) is 21.1 Å². The van der Waals surface area contributed by atoms with E-state index in [1.807, 2.05) is 19.1 Å². The molecule has 0 saturated carbocycles. The van der Waals surface area contributed by atoms with Crippen LogP contribution in [0.1, 0.15) is 26.3 Å². The zero-order valence-corrected chi connectivity index (χ0v) is 17.7. The van der Waals surface area contributed by atoms with E-state index in [2.05, 4.69) is 48.0 Å². The molecule has 0 spiro atoms. The van der Waals surface area contributed by atoms with Gasteiger partial charge in [-0.2, -0.15) is 0 Å². The van der Waals surface area contributed by atoms with E-state index in [1.165, 1.54) is 0 Å². The van der Waals surface area contributed by atoms with Gasteiger partial charge < -0.3 is 10.1 Å². The van der Waals surface area contributed by atoms with Gasteiger partial charge in [0.1, 0.15) is 5.75 Å². The standard InChI is InChI=1S/C15H19Br2N3O3S/c1-8-5-9(16)6-10(17)12(8)23-7-11(21)19-20-14(24)18-13(22)15(2,3)4/h5-6H,7H2,1-4H3,(H,19,21)(H2,18,20,22,24). The predicted molar refractivity (Wildman–Crippen MR) is 104 cm³/mol. The van der Waals surface area contributed by atoms with Crippen molar-refractivity contribution in [2.75, 3.05) is 6.61 Å². The summed E-state index contributed by atoms with van der Waals surface area (Å²) in [5.41, 5.74) is 5.13. The van der Waals surface area contributed by atoms with E-state index in [1.54, 1.807) is 20.8 Å². The first-order chi connectivity index (χ1) is 11.0. The van der Waals surface area contributed by atoms with Crippen LogP contribution in [-0.4, -0.2) is 23.5 Å². The Balaban J connectivity index is 2.45. The number of rotatable bonds is 3. The van der Waals surface area contributed by atoms with Crippen LogP contribution in [0.4, 0.5) is 0 Å². The van der Waals surface area contributed by atoms with Gasteiger partial charge in [0, 0.05) is 9.89 Å². The highest BCUT2D eigenvalue weighted by Crippen LogP contribution is 2.32. The number of halogens is 2. The molecule has 0 aliphatic heterocycles. The van der Waals surface area contributed by atoms with E-state index in [4.69, 9.17) is 17.0 Å². The Morgan fingerprint density at radius 3 is 2.38 bits per heavy atom. The van der Waals surface area contributed by atoms with Gasteiger partial charge in [0.05, 0.1) is 4.47 Å². The molecule has 1 rings (SSSR count). The van der Waals surface area contributed by atoms with Crippen molar-refractivity contribution in [2.24, 2.45) is 5.41 Å². The molecule has 6 nitrogen and oxygen atoms in total. The highest BCUT2D eigenvalue weighted by molar-refractivity contribution is 9.11. The number of ether oxygens (including phenoxy) is 1. The van der Waals surface area contributed by atoms with Gasteiger partial charge in [-0.25, -0.2) is 0 Å². The van der Waals surface area contributed by atoms with E-state index in [0.717, 1.165) is 14.5 Å². The smallest absolute Gasteiger partial charge is 0.276 e. The maximum atomic E-state index is 11.8. The summed E-state index contributed by atoms with van der Waals surface area (Å²) in [5, 5.41) is 2.50. The maximum absolute atomic E-state index is 11.8. The summed E-state index contributed by atoms with van der Waals surface area (Å²) in [6.07, 6.45) is 0. The number of carbonyl (C=O) groups is 2. The lowest BCUT2D eigenvalue weighted by atomic mass is 9.96. The molecule has 0 saturated heterocycles. The van der Waals surface area contributed by atoms with Gasteiger partial charge in [0.15, 0.2) is 11.7 Å². The van der Waals surface area contributed by atoms with Crippen molar-refractivity contribution in [3.05, 3.63) is 26.6 Å². The molecule has 24 heavy (non-hydrogen) atoms. The quantitative estimate of drug-likeness (QED) is 0.457. The number of thiocarbonyl (C=S) groups is 1. The first-order valence-electron chi connectivity index (χ1n) is 6.99. The highest BCUT2D eigenvalue weighted by Gasteiger charge is 2.22. The van der Waals surface area contributed by atoms with Crippen LogP contribution in [0.2, 0.25) is 0 Å². The highest BCUT2D eigenvalue weighted by atomic mass is 79.9. The minimum atomic E-state index is -0.579. The molecule has 132 valence electrons. The number of nitrogens with one attached hydrogen (secondary N) is 3. The molecule has 9 heteroatoms. The molecule has 0 aliphatic rings. The van der Waals surface area contributed by atoms with Crippen LogP contribution in [0.25, 0.3) is 0 Å². The van der Waals surface area contributed by atoms with Crippen LogP contribution in [0.5, 0.6) is 5.75 Å². The molecule has 0 aliphatic carbocycles. The largest absolute Gasteiger partial charge is 0.482 e. The number of hydrogen-bond acceptors (Lipinski definition) is 4. The van der Waals surface area contributed by atoms with Crippen molar-refractivity contribution in [3.63, 3.8) is 0 Å². The van der Waals surface area contributed by atoms with Crippen molar-refractivity contribution in [2.45, 2.75) is 27.7 Å². The minimum Gasteiger partial charge on any atom is -0.482 e. The Hall–Kier alpha value is -1.19. The van der Waals surface area contributed by atoms with E-state index >= 15 is 0 Å². The number of amides is 2. The number of hydrazine groups is 1. The van der Waals surface area contributed by atoms with Gasteiger partial charge in [-0.15, -0.1) is 0 Å². The second-order valence-corrected chi connectivity index (χ2v) is 8.21. The summed E-state index contributed by atoms with van der Waals surface area (Å²) in [5.74, 6) is -0.103. The predicted octanol–water partition coefficient (Wildman–Crippen LogP) is 2.97. The summed E-state index contributed by atoms with van der Waals surface area (Å²) in [6, 6.07) is 3.71. The fourth-order valence-corrected chi connectivity index (χ4v) is 3.19. The summed E-state index contributed by atoms with van der Waals surface area (Å²) in [4.78, 5) is 23.5. The van der Waals surface area contributed by atoms with E-state index < -0.39 is 11.3 Å². The zero-order chi connectivity index (χ0) is 18.5. The van der Waals surface area contributed by atoms with Gasteiger partial charge in [-0.3, -0.25) is 20.4 Å². The number of hydrogen-bond donors (Lipinski definition) is 3. The second kappa shape index (κ2) is 8.77. The molecule has 0 atom stereocenters. The fourth-order valence-electron chi connectivity index (χ4n) is 1.49. The van der Waals surface area contributed by atoms with Crippen LogP contribution in [0.3, 0.4) is 0 Å². The first-order valence-corrected chi connectivity index (χ1v) is 8.99. The molecule has 0 unspecified atom stereocenters. The summed E-state index contributed by atoms with van der Waals surface area (Å²) in [6.45, 7) is 6.95. The Bertz CT molecular complexity index is 637. The summed E-state index contributed by atoms with van der Waals surface area (Å²) < 4.78 is 7.15.